The van der Waals surface area contributed by atoms with Gasteiger partial charge < -0.3 is 9.47 Å². The Morgan fingerprint density at radius 2 is 1.70 bits per heavy atom. The number of ether oxygens (including phenoxy) is 2. The lowest BCUT2D eigenvalue weighted by molar-refractivity contribution is 0.379. The zero-order valence-electron chi connectivity index (χ0n) is 12.1. The molecule has 1 fully saturated rings. The first-order valence-electron chi connectivity index (χ1n) is 7.23. The SMILES string of the molecule is COc1ccc(C(Br)C2CCCCCC2)c(OC)c1Br. The Balaban J connectivity index is 2.28. The molecule has 0 spiro atoms. The van der Waals surface area contributed by atoms with Crippen LogP contribution in [0.25, 0.3) is 0 Å². The number of hydrogen-bond donors (Lipinski definition) is 0. The van der Waals surface area contributed by atoms with E-state index in [4.69, 9.17) is 9.47 Å². The zero-order valence-corrected chi connectivity index (χ0v) is 15.3. The topological polar surface area (TPSA) is 18.5 Å². The third kappa shape index (κ3) is 3.51. The molecule has 0 radical (unpaired) electrons. The van der Waals surface area contributed by atoms with Crippen molar-refractivity contribution in [2.45, 2.75) is 43.4 Å². The van der Waals surface area contributed by atoms with Gasteiger partial charge in [0.05, 0.1) is 14.2 Å². The molecule has 20 heavy (non-hydrogen) atoms. The summed E-state index contributed by atoms with van der Waals surface area (Å²) in [6.45, 7) is 0. The molecule has 0 amide bonds. The van der Waals surface area contributed by atoms with E-state index in [1.807, 2.05) is 6.07 Å². The summed E-state index contributed by atoms with van der Waals surface area (Å²) in [4.78, 5) is 0.345. The minimum Gasteiger partial charge on any atom is -0.495 e. The molecule has 1 unspecified atom stereocenters. The smallest absolute Gasteiger partial charge is 0.141 e. The van der Waals surface area contributed by atoms with Crippen LogP contribution in [-0.2, 0) is 0 Å². The molecule has 112 valence electrons. The van der Waals surface area contributed by atoms with Crippen molar-refractivity contribution in [1.82, 2.24) is 0 Å². The average Bonchev–Trinajstić information content (AvgIpc) is 2.75. The molecule has 2 nitrogen and oxygen atoms in total. The van der Waals surface area contributed by atoms with Crippen LogP contribution in [0.1, 0.15) is 48.9 Å². The van der Waals surface area contributed by atoms with Gasteiger partial charge in [0, 0.05) is 10.4 Å². The lowest BCUT2D eigenvalue weighted by Crippen LogP contribution is -2.08. The van der Waals surface area contributed by atoms with E-state index in [9.17, 15) is 0 Å². The van der Waals surface area contributed by atoms with Crippen molar-refractivity contribution in [2.75, 3.05) is 14.2 Å². The van der Waals surface area contributed by atoms with Crippen LogP contribution < -0.4 is 9.47 Å². The molecule has 1 saturated carbocycles. The Labute approximate surface area is 138 Å². The predicted molar refractivity (Wildman–Crippen MR) is 90.1 cm³/mol. The summed E-state index contributed by atoms with van der Waals surface area (Å²) in [6.07, 6.45) is 8.02. The highest BCUT2D eigenvalue weighted by atomic mass is 79.9. The van der Waals surface area contributed by atoms with Gasteiger partial charge in [-0.15, -0.1) is 0 Å². The minimum absolute atomic E-state index is 0.345. The third-order valence-electron chi connectivity index (χ3n) is 4.13. The molecular weight excluding hydrogens is 384 g/mol. The summed E-state index contributed by atoms with van der Waals surface area (Å²) >= 11 is 7.50. The van der Waals surface area contributed by atoms with Crippen molar-refractivity contribution in [3.05, 3.63) is 22.2 Å². The molecule has 1 aliphatic carbocycles. The summed E-state index contributed by atoms with van der Waals surface area (Å²) in [7, 11) is 3.39. The van der Waals surface area contributed by atoms with Crippen LogP contribution >= 0.6 is 31.9 Å². The maximum atomic E-state index is 5.60. The van der Waals surface area contributed by atoms with Crippen molar-refractivity contribution < 1.29 is 9.47 Å². The molecule has 0 heterocycles. The largest absolute Gasteiger partial charge is 0.495 e. The standard InChI is InChI=1S/C16H22Br2O2/c1-19-13-10-9-12(16(20-2)15(13)18)14(17)11-7-5-3-4-6-8-11/h9-11,14H,3-8H2,1-2H3. The predicted octanol–water partition coefficient (Wildman–Crippen LogP) is 5.87. The Morgan fingerprint density at radius 3 is 2.25 bits per heavy atom. The van der Waals surface area contributed by atoms with Gasteiger partial charge >= 0.3 is 0 Å². The van der Waals surface area contributed by atoms with Gasteiger partial charge in [-0.3, -0.25) is 0 Å². The van der Waals surface area contributed by atoms with E-state index >= 15 is 0 Å². The fourth-order valence-corrected chi connectivity index (χ4v) is 4.57. The van der Waals surface area contributed by atoms with E-state index in [1.54, 1.807) is 14.2 Å². The average molecular weight is 406 g/mol. The van der Waals surface area contributed by atoms with E-state index in [1.165, 1.54) is 44.1 Å². The number of hydrogen-bond acceptors (Lipinski definition) is 2. The number of benzene rings is 1. The van der Waals surface area contributed by atoms with Crippen LogP contribution in [0.15, 0.2) is 16.6 Å². The quantitative estimate of drug-likeness (QED) is 0.460. The van der Waals surface area contributed by atoms with Crippen LogP contribution in [0.3, 0.4) is 0 Å². The van der Waals surface area contributed by atoms with Crippen molar-refractivity contribution in [1.29, 1.82) is 0 Å². The molecule has 0 bridgehead atoms. The molecule has 0 aromatic heterocycles. The Bertz CT molecular complexity index is 440. The molecule has 0 aliphatic heterocycles. The number of halogens is 2. The Hall–Kier alpha value is -0.220. The van der Waals surface area contributed by atoms with Crippen molar-refractivity contribution in [3.63, 3.8) is 0 Å². The van der Waals surface area contributed by atoms with Crippen molar-refractivity contribution in [3.8, 4) is 11.5 Å². The molecule has 1 aliphatic rings. The highest BCUT2D eigenvalue weighted by Gasteiger charge is 2.26. The first-order valence-corrected chi connectivity index (χ1v) is 8.94. The summed E-state index contributed by atoms with van der Waals surface area (Å²) < 4.78 is 11.9. The van der Waals surface area contributed by atoms with Gasteiger partial charge in [-0.05, 0) is 40.8 Å². The van der Waals surface area contributed by atoms with E-state index in [-0.39, 0.29) is 0 Å². The van der Waals surface area contributed by atoms with Crippen LogP contribution in [0.5, 0.6) is 11.5 Å². The van der Waals surface area contributed by atoms with Gasteiger partial charge in [0.15, 0.2) is 0 Å². The maximum Gasteiger partial charge on any atom is 0.141 e. The number of alkyl halides is 1. The number of methoxy groups -OCH3 is 2. The molecule has 1 aromatic carbocycles. The van der Waals surface area contributed by atoms with Gasteiger partial charge in [0.2, 0.25) is 0 Å². The second kappa shape index (κ2) is 7.69. The summed E-state index contributed by atoms with van der Waals surface area (Å²) in [5.41, 5.74) is 1.21. The van der Waals surface area contributed by atoms with Crippen LogP contribution in [0, 0.1) is 5.92 Å². The van der Waals surface area contributed by atoms with Crippen LogP contribution in [0.4, 0.5) is 0 Å². The first kappa shape index (κ1) is 16.2. The first-order chi connectivity index (χ1) is 9.69. The maximum absolute atomic E-state index is 5.60. The second-order valence-corrected chi connectivity index (χ2v) is 7.14. The monoisotopic (exact) mass is 404 g/mol. The molecule has 1 atom stereocenters. The van der Waals surface area contributed by atoms with Gasteiger partial charge in [0.1, 0.15) is 16.0 Å². The van der Waals surface area contributed by atoms with Gasteiger partial charge in [-0.2, -0.15) is 0 Å². The fourth-order valence-electron chi connectivity index (χ4n) is 2.99. The zero-order chi connectivity index (χ0) is 14.5. The lowest BCUT2D eigenvalue weighted by Gasteiger charge is -2.24. The third-order valence-corrected chi connectivity index (χ3v) is 6.12. The highest BCUT2D eigenvalue weighted by Crippen LogP contribution is 2.47. The molecular formula is C16H22Br2O2. The molecule has 1 aromatic rings. The van der Waals surface area contributed by atoms with Crippen molar-refractivity contribution in [2.24, 2.45) is 5.92 Å². The summed E-state index contributed by atoms with van der Waals surface area (Å²) in [5, 5.41) is 0. The van der Waals surface area contributed by atoms with Gasteiger partial charge in [-0.1, -0.05) is 47.7 Å². The van der Waals surface area contributed by atoms with E-state index in [2.05, 4.69) is 37.9 Å². The van der Waals surface area contributed by atoms with Crippen LogP contribution in [0.2, 0.25) is 0 Å². The van der Waals surface area contributed by atoms with E-state index in [0.29, 0.717) is 10.7 Å². The summed E-state index contributed by atoms with van der Waals surface area (Å²) in [6, 6.07) is 4.12. The number of rotatable bonds is 4. The molecule has 2 rings (SSSR count). The molecule has 4 heteroatoms. The second-order valence-electron chi connectivity index (χ2n) is 5.36. The Kier molecular flexibility index (Phi) is 6.21. The fraction of sp³-hybridized carbons (Fsp3) is 0.625. The molecule has 0 N–H and O–H groups in total. The minimum atomic E-state index is 0.345. The van der Waals surface area contributed by atoms with E-state index < -0.39 is 0 Å². The highest BCUT2D eigenvalue weighted by molar-refractivity contribution is 9.10. The normalized spacial score (nSPS) is 18.4. The lowest BCUT2D eigenvalue weighted by atomic mass is 9.92. The van der Waals surface area contributed by atoms with Crippen molar-refractivity contribution >= 4 is 31.9 Å². The summed E-state index contributed by atoms with van der Waals surface area (Å²) in [5.74, 6) is 2.38. The Morgan fingerprint density at radius 1 is 1.05 bits per heavy atom. The molecule has 0 saturated heterocycles. The van der Waals surface area contributed by atoms with Crippen LogP contribution in [-0.4, -0.2) is 14.2 Å². The van der Waals surface area contributed by atoms with E-state index in [0.717, 1.165) is 16.0 Å². The van der Waals surface area contributed by atoms with Gasteiger partial charge in [0.25, 0.3) is 0 Å². The van der Waals surface area contributed by atoms with Gasteiger partial charge in [-0.25, -0.2) is 0 Å².